The van der Waals surface area contributed by atoms with Crippen LogP contribution in [0.15, 0.2) is 24.3 Å². The van der Waals surface area contributed by atoms with Gasteiger partial charge in [-0.3, -0.25) is 14.4 Å². The first kappa shape index (κ1) is 22.7. The first-order valence-electron chi connectivity index (χ1n) is 11.9. The number of carbonyl (C=O) groups excluding carboxylic acids is 3. The maximum atomic E-state index is 13.5. The summed E-state index contributed by atoms with van der Waals surface area (Å²) in [6.45, 7) is 1.18. The third kappa shape index (κ3) is 4.25. The molecule has 2 aromatic rings. The lowest BCUT2D eigenvalue weighted by molar-refractivity contribution is -0.128. The predicted molar refractivity (Wildman–Crippen MR) is 127 cm³/mol. The van der Waals surface area contributed by atoms with Gasteiger partial charge in [0.1, 0.15) is 17.8 Å². The molecule has 1 aromatic carbocycles. The van der Waals surface area contributed by atoms with Gasteiger partial charge in [0.15, 0.2) is 0 Å². The average Bonchev–Trinajstić information content (AvgIpc) is 3.41. The molecule has 1 saturated carbocycles. The number of nitriles is 1. The number of benzene rings is 1. The van der Waals surface area contributed by atoms with Gasteiger partial charge in [-0.15, -0.1) is 0 Å². The minimum atomic E-state index is -0.772. The summed E-state index contributed by atoms with van der Waals surface area (Å²) >= 11 is 6.08. The van der Waals surface area contributed by atoms with Gasteiger partial charge in [-0.05, 0) is 62.1 Å². The molecular formula is C25H28ClN5O3. The van der Waals surface area contributed by atoms with Crippen molar-refractivity contribution in [1.29, 1.82) is 5.26 Å². The molecular weight excluding hydrogens is 454 g/mol. The Morgan fingerprint density at radius 1 is 1.29 bits per heavy atom. The molecule has 0 radical (unpaired) electrons. The first-order valence-corrected chi connectivity index (χ1v) is 12.3. The summed E-state index contributed by atoms with van der Waals surface area (Å²) in [5, 5.41) is 16.8. The number of hydrogen-bond acceptors (Lipinski definition) is 4. The van der Waals surface area contributed by atoms with Gasteiger partial charge in [0.25, 0.3) is 5.91 Å². The molecule has 3 unspecified atom stereocenters. The summed E-state index contributed by atoms with van der Waals surface area (Å²) in [7, 11) is 0. The minimum absolute atomic E-state index is 0.0294. The summed E-state index contributed by atoms with van der Waals surface area (Å²) < 4.78 is 0. The number of aromatic nitrogens is 1. The normalized spacial score (nSPS) is 24.4. The molecule has 2 saturated heterocycles. The molecule has 3 atom stereocenters. The largest absolute Gasteiger partial charge is 0.356 e. The molecule has 1 aromatic heterocycles. The molecule has 34 heavy (non-hydrogen) atoms. The van der Waals surface area contributed by atoms with E-state index in [-0.39, 0.29) is 35.5 Å². The Morgan fingerprint density at radius 3 is 2.82 bits per heavy atom. The van der Waals surface area contributed by atoms with Crippen molar-refractivity contribution in [2.24, 2.45) is 11.3 Å². The van der Waals surface area contributed by atoms with E-state index in [2.05, 4.69) is 21.7 Å². The minimum Gasteiger partial charge on any atom is -0.356 e. The molecule has 8 nitrogen and oxygen atoms in total. The number of H-pyrrole nitrogens is 1. The average molecular weight is 482 g/mol. The Bertz CT molecular complexity index is 1180. The number of fused-ring (bicyclic) bond motifs is 1. The van der Waals surface area contributed by atoms with Crippen LogP contribution >= 0.6 is 11.6 Å². The second kappa shape index (κ2) is 8.95. The second-order valence-corrected chi connectivity index (χ2v) is 10.4. The van der Waals surface area contributed by atoms with E-state index in [1.807, 2.05) is 6.07 Å². The number of piperidine rings is 1. The number of amides is 3. The summed E-state index contributed by atoms with van der Waals surface area (Å²) in [4.78, 5) is 43.8. The lowest BCUT2D eigenvalue weighted by Crippen LogP contribution is -2.49. The zero-order valence-corrected chi connectivity index (χ0v) is 19.7. The van der Waals surface area contributed by atoms with Crippen molar-refractivity contribution in [2.45, 2.75) is 57.0 Å². The van der Waals surface area contributed by atoms with Crippen LogP contribution in [0.5, 0.6) is 0 Å². The highest BCUT2D eigenvalue weighted by atomic mass is 35.5. The SMILES string of the molecule is N#CC(CC1CCCNC1=O)NC(=O)C1CC2(CCC2)CN1C(=O)c1cc2ccc(Cl)cc2[nH]1. The standard InChI is InChI=1S/C25H28ClN5O3/c26-17-5-4-15-10-20(30-19(15)11-17)24(34)31-14-25(6-2-7-25)12-21(31)23(33)29-18(13-27)9-16-3-1-8-28-22(16)32/h4-5,10-11,16,18,21,30H,1-3,6-9,12,14H2,(H,28,32)(H,29,33). The van der Waals surface area contributed by atoms with E-state index in [9.17, 15) is 19.6 Å². The van der Waals surface area contributed by atoms with Crippen molar-refractivity contribution in [1.82, 2.24) is 20.5 Å². The van der Waals surface area contributed by atoms with Crippen molar-refractivity contribution >= 4 is 40.2 Å². The number of aromatic amines is 1. The number of carbonyl (C=O) groups is 3. The van der Waals surface area contributed by atoms with E-state index in [0.29, 0.717) is 36.6 Å². The van der Waals surface area contributed by atoms with E-state index in [4.69, 9.17) is 11.6 Å². The summed E-state index contributed by atoms with van der Waals surface area (Å²) in [5.74, 6) is -0.891. The molecule has 9 heteroatoms. The smallest absolute Gasteiger partial charge is 0.271 e. The van der Waals surface area contributed by atoms with Crippen LogP contribution < -0.4 is 10.6 Å². The number of rotatable bonds is 5. The fourth-order valence-electron chi connectivity index (χ4n) is 5.67. The molecule has 178 valence electrons. The highest BCUT2D eigenvalue weighted by Crippen LogP contribution is 2.50. The van der Waals surface area contributed by atoms with Gasteiger partial charge >= 0.3 is 0 Å². The maximum absolute atomic E-state index is 13.5. The highest BCUT2D eigenvalue weighted by Gasteiger charge is 2.52. The van der Waals surface area contributed by atoms with Gasteiger partial charge in [0.05, 0.1) is 6.07 Å². The molecule has 3 amide bonds. The Morgan fingerprint density at radius 2 is 2.12 bits per heavy atom. The van der Waals surface area contributed by atoms with Crippen LogP contribution in [0, 0.1) is 22.7 Å². The topological polar surface area (TPSA) is 118 Å². The van der Waals surface area contributed by atoms with Crippen LogP contribution in [0.3, 0.4) is 0 Å². The van der Waals surface area contributed by atoms with Crippen LogP contribution in [0.2, 0.25) is 5.02 Å². The fraction of sp³-hybridized carbons (Fsp3) is 0.520. The van der Waals surface area contributed by atoms with E-state index in [0.717, 1.165) is 36.6 Å². The van der Waals surface area contributed by atoms with Crippen LogP contribution in [0.1, 0.15) is 55.4 Å². The van der Waals surface area contributed by atoms with Crippen molar-refractivity contribution in [3.05, 3.63) is 35.0 Å². The zero-order chi connectivity index (χ0) is 23.9. The molecule has 3 fully saturated rings. The van der Waals surface area contributed by atoms with Crippen molar-refractivity contribution in [3.63, 3.8) is 0 Å². The van der Waals surface area contributed by atoms with Crippen LogP contribution in [0.4, 0.5) is 0 Å². The number of likely N-dealkylation sites (tertiary alicyclic amines) is 1. The van der Waals surface area contributed by atoms with E-state index in [1.54, 1.807) is 23.1 Å². The second-order valence-electron chi connectivity index (χ2n) is 9.98. The molecule has 1 spiro atoms. The number of nitrogens with zero attached hydrogens (tertiary/aromatic N) is 2. The van der Waals surface area contributed by atoms with Crippen molar-refractivity contribution in [2.75, 3.05) is 13.1 Å². The number of halogens is 1. The molecule has 3 heterocycles. The van der Waals surface area contributed by atoms with Gasteiger partial charge in [0, 0.05) is 34.9 Å². The lowest BCUT2D eigenvalue weighted by atomic mass is 9.67. The lowest BCUT2D eigenvalue weighted by Gasteiger charge is -2.37. The van der Waals surface area contributed by atoms with Crippen molar-refractivity contribution < 1.29 is 14.4 Å². The van der Waals surface area contributed by atoms with E-state index < -0.39 is 12.1 Å². The molecule has 2 aliphatic heterocycles. The Kier molecular flexibility index (Phi) is 5.98. The third-order valence-electron chi connectivity index (χ3n) is 7.69. The Labute approximate surface area is 203 Å². The van der Waals surface area contributed by atoms with Crippen molar-refractivity contribution in [3.8, 4) is 6.07 Å². The summed E-state index contributed by atoms with van der Waals surface area (Å²) in [5.41, 5.74) is 1.16. The molecule has 1 aliphatic carbocycles. The third-order valence-corrected chi connectivity index (χ3v) is 7.93. The van der Waals surface area contributed by atoms with Gasteiger partial charge in [0.2, 0.25) is 11.8 Å². The quantitative estimate of drug-likeness (QED) is 0.607. The zero-order valence-electron chi connectivity index (χ0n) is 18.9. The fourth-order valence-corrected chi connectivity index (χ4v) is 5.84. The first-order chi connectivity index (χ1) is 16.4. The van der Waals surface area contributed by atoms with Gasteiger partial charge in [-0.1, -0.05) is 24.1 Å². The Balaban J connectivity index is 1.33. The van der Waals surface area contributed by atoms with Crippen LogP contribution in [0.25, 0.3) is 10.9 Å². The predicted octanol–water partition coefficient (Wildman–Crippen LogP) is 3.13. The monoisotopic (exact) mass is 481 g/mol. The van der Waals surface area contributed by atoms with Gasteiger partial charge in [-0.25, -0.2) is 0 Å². The summed E-state index contributed by atoms with van der Waals surface area (Å²) in [6, 6.07) is 7.91. The number of nitrogens with one attached hydrogen (secondary N) is 3. The number of hydrogen-bond donors (Lipinski definition) is 3. The van der Waals surface area contributed by atoms with Gasteiger partial charge in [-0.2, -0.15) is 5.26 Å². The maximum Gasteiger partial charge on any atom is 0.271 e. The molecule has 0 bridgehead atoms. The van der Waals surface area contributed by atoms with Gasteiger partial charge < -0.3 is 20.5 Å². The molecule has 5 rings (SSSR count). The molecule has 3 aliphatic rings. The van der Waals surface area contributed by atoms with E-state index >= 15 is 0 Å². The van der Waals surface area contributed by atoms with Crippen LogP contribution in [-0.4, -0.2) is 52.8 Å². The molecule has 3 N–H and O–H groups in total. The highest BCUT2D eigenvalue weighted by molar-refractivity contribution is 6.31. The van der Waals surface area contributed by atoms with E-state index in [1.165, 1.54) is 0 Å². The summed E-state index contributed by atoms with van der Waals surface area (Å²) in [6.07, 6.45) is 5.53. The Hall–Kier alpha value is -3.05. The van der Waals surface area contributed by atoms with Crippen LogP contribution in [-0.2, 0) is 9.59 Å².